The molecular weight excluding hydrogens is 316 g/mol. The Labute approximate surface area is 143 Å². The summed E-state index contributed by atoms with van der Waals surface area (Å²) in [6, 6.07) is 0. The first-order valence-electron chi connectivity index (χ1n) is 7.79. The van der Waals surface area contributed by atoms with Crippen LogP contribution < -0.4 is 0 Å². The summed E-state index contributed by atoms with van der Waals surface area (Å²) < 4.78 is 26.1. The topological polar surface area (TPSA) is 80.3 Å². The van der Waals surface area contributed by atoms with Gasteiger partial charge in [0.05, 0.1) is 38.6 Å². The molecule has 0 bridgehead atoms. The average Bonchev–Trinajstić information content (AvgIpc) is 2.55. The predicted octanol–water partition coefficient (Wildman–Crippen LogP) is 1.66. The number of hydrogen-bond donors (Lipinski definition) is 0. The van der Waals surface area contributed by atoms with Gasteiger partial charge in [-0.2, -0.15) is 0 Å². The standard InChI is InChI=1S/C17H28O7/c1-6-16(18)22-8-7-20-11-14(4)24-12-15(5)21-9-10-23-17(19)13(2)3/h6,14-15H,1-2,7-12H2,3-5H3. The maximum Gasteiger partial charge on any atom is 0.333 e. The third kappa shape index (κ3) is 12.8. The van der Waals surface area contributed by atoms with Gasteiger partial charge in [0, 0.05) is 11.6 Å². The molecule has 0 N–H and O–H groups in total. The molecule has 0 aromatic carbocycles. The molecule has 2 unspecified atom stereocenters. The van der Waals surface area contributed by atoms with Crippen LogP contribution in [0.15, 0.2) is 24.8 Å². The van der Waals surface area contributed by atoms with Crippen molar-refractivity contribution in [3.63, 3.8) is 0 Å². The van der Waals surface area contributed by atoms with E-state index in [0.29, 0.717) is 32.0 Å². The van der Waals surface area contributed by atoms with Gasteiger partial charge in [-0.15, -0.1) is 0 Å². The van der Waals surface area contributed by atoms with Crippen LogP contribution in [-0.2, 0) is 33.3 Å². The van der Waals surface area contributed by atoms with Crippen molar-refractivity contribution in [1.82, 2.24) is 0 Å². The summed E-state index contributed by atoms with van der Waals surface area (Å²) >= 11 is 0. The first-order valence-corrected chi connectivity index (χ1v) is 7.79. The molecule has 7 heteroatoms. The highest BCUT2D eigenvalue weighted by Gasteiger charge is 2.08. The van der Waals surface area contributed by atoms with E-state index < -0.39 is 11.9 Å². The molecule has 0 aliphatic heterocycles. The fourth-order valence-electron chi connectivity index (χ4n) is 1.41. The van der Waals surface area contributed by atoms with E-state index in [0.717, 1.165) is 6.08 Å². The zero-order chi connectivity index (χ0) is 18.4. The van der Waals surface area contributed by atoms with Crippen LogP contribution in [0.2, 0.25) is 0 Å². The summed E-state index contributed by atoms with van der Waals surface area (Å²) in [5.41, 5.74) is 0.361. The fraction of sp³-hybridized carbons (Fsp3) is 0.647. The van der Waals surface area contributed by atoms with Crippen molar-refractivity contribution in [3.8, 4) is 0 Å². The molecule has 2 atom stereocenters. The lowest BCUT2D eigenvalue weighted by Gasteiger charge is -2.18. The van der Waals surface area contributed by atoms with Gasteiger partial charge in [0.2, 0.25) is 0 Å². The summed E-state index contributed by atoms with van der Waals surface area (Å²) in [4.78, 5) is 22.0. The van der Waals surface area contributed by atoms with Gasteiger partial charge in [0.25, 0.3) is 0 Å². The smallest absolute Gasteiger partial charge is 0.333 e. The van der Waals surface area contributed by atoms with Gasteiger partial charge < -0.3 is 23.7 Å². The summed E-state index contributed by atoms with van der Waals surface area (Å²) in [6.45, 7) is 13.8. The van der Waals surface area contributed by atoms with Crippen LogP contribution in [0.4, 0.5) is 0 Å². The number of ether oxygens (including phenoxy) is 5. The van der Waals surface area contributed by atoms with E-state index >= 15 is 0 Å². The van der Waals surface area contributed by atoms with E-state index in [1.54, 1.807) is 6.92 Å². The first-order chi connectivity index (χ1) is 11.4. The molecule has 24 heavy (non-hydrogen) atoms. The van der Waals surface area contributed by atoms with Crippen LogP contribution in [0, 0.1) is 0 Å². The van der Waals surface area contributed by atoms with Crippen LogP contribution in [-0.4, -0.2) is 63.8 Å². The molecule has 0 spiro atoms. The largest absolute Gasteiger partial charge is 0.460 e. The molecule has 0 aliphatic carbocycles. The summed E-state index contributed by atoms with van der Waals surface area (Å²) in [7, 11) is 0. The Balaban J connectivity index is 3.55. The van der Waals surface area contributed by atoms with Crippen LogP contribution in [0.1, 0.15) is 20.8 Å². The highest BCUT2D eigenvalue weighted by molar-refractivity contribution is 5.86. The Morgan fingerprint density at radius 1 is 0.958 bits per heavy atom. The van der Waals surface area contributed by atoms with Crippen molar-refractivity contribution in [2.45, 2.75) is 33.0 Å². The van der Waals surface area contributed by atoms with Crippen molar-refractivity contribution >= 4 is 11.9 Å². The molecule has 0 aromatic heterocycles. The van der Waals surface area contributed by atoms with E-state index in [4.69, 9.17) is 23.7 Å². The highest BCUT2D eigenvalue weighted by atomic mass is 16.6. The second-order valence-corrected chi connectivity index (χ2v) is 5.19. The molecule has 138 valence electrons. The van der Waals surface area contributed by atoms with Crippen molar-refractivity contribution in [1.29, 1.82) is 0 Å². The molecule has 0 amide bonds. The maximum absolute atomic E-state index is 11.2. The summed E-state index contributed by atoms with van der Waals surface area (Å²) in [5, 5.41) is 0. The number of esters is 2. The van der Waals surface area contributed by atoms with Gasteiger partial charge in [-0.3, -0.25) is 0 Å². The highest BCUT2D eigenvalue weighted by Crippen LogP contribution is 1.99. The molecule has 0 aliphatic rings. The molecule has 0 fully saturated rings. The lowest BCUT2D eigenvalue weighted by Crippen LogP contribution is -2.25. The Kier molecular flexibility index (Phi) is 12.7. The lowest BCUT2D eigenvalue weighted by molar-refractivity contribution is -0.141. The van der Waals surface area contributed by atoms with Crippen molar-refractivity contribution in [3.05, 3.63) is 24.8 Å². The van der Waals surface area contributed by atoms with Crippen LogP contribution in [0.3, 0.4) is 0 Å². The van der Waals surface area contributed by atoms with E-state index in [9.17, 15) is 9.59 Å². The Morgan fingerprint density at radius 2 is 1.58 bits per heavy atom. The quantitative estimate of drug-likeness (QED) is 0.269. The third-order valence-electron chi connectivity index (χ3n) is 2.67. The minimum absolute atomic E-state index is 0.118. The van der Waals surface area contributed by atoms with Gasteiger partial charge in [-0.05, 0) is 20.8 Å². The lowest BCUT2D eigenvalue weighted by atomic mass is 10.4. The normalized spacial score (nSPS) is 13.0. The Bertz CT molecular complexity index is 406. The monoisotopic (exact) mass is 344 g/mol. The summed E-state index contributed by atoms with van der Waals surface area (Å²) in [5.74, 6) is -0.894. The molecule has 0 saturated heterocycles. The number of carbonyl (C=O) groups excluding carboxylic acids is 2. The molecule has 0 saturated carbocycles. The van der Waals surface area contributed by atoms with E-state index in [-0.39, 0.29) is 25.4 Å². The number of hydrogen-bond acceptors (Lipinski definition) is 7. The molecule has 0 radical (unpaired) electrons. The summed E-state index contributed by atoms with van der Waals surface area (Å²) in [6.07, 6.45) is 0.851. The molecule has 0 aromatic rings. The predicted molar refractivity (Wildman–Crippen MR) is 88.6 cm³/mol. The van der Waals surface area contributed by atoms with Gasteiger partial charge in [0.1, 0.15) is 13.2 Å². The fourth-order valence-corrected chi connectivity index (χ4v) is 1.41. The minimum atomic E-state index is -0.470. The first kappa shape index (κ1) is 22.3. The molecular formula is C17H28O7. The molecule has 7 nitrogen and oxygen atoms in total. The van der Waals surface area contributed by atoms with Crippen molar-refractivity contribution in [2.75, 3.05) is 39.6 Å². The van der Waals surface area contributed by atoms with Crippen LogP contribution >= 0.6 is 0 Å². The third-order valence-corrected chi connectivity index (χ3v) is 2.67. The molecule has 0 rings (SSSR count). The zero-order valence-corrected chi connectivity index (χ0v) is 14.7. The zero-order valence-electron chi connectivity index (χ0n) is 14.7. The Morgan fingerprint density at radius 3 is 2.21 bits per heavy atom. The van der Waals surface area contributed by atoms with Crippen LogP contribution in [0.25, 0.3) is 0 Å². The minimum Gasteiger partial charge on any atom is -0.460 e. The maximum atomic E-state index is 11.2. The second-order valence-electron chi connectivity index (χ2n) is 5.19. The van der Waals surface area contributed by atoms with Crippen LogP contribution in [0.5, 0.6) is 0 Å². The van der Waals surface area contributed by atoms with E-state index in [2.05, 4.69) is 13.2 Å². The SMILES string of the molecule is C=CC(=O)OCCOCC(C)OCC(C)OCCOC(=O)C(=C)C. The second kappa shape index (κ2) is 13.7. The number of carbonyl (C=O) groups is 2. The van der Waals surface area contributed by atoms with Crippen molar-refractivity contribution in [2.24, 2.45) is 0 Å². The van der Waals surface area contributed by atoms with Gasteiger partial charge in [-0.1, -0.05) is 13.2 Å². The molecule has 0 heterocycles. The average molecular weight is 344 g/mol. The van der Waals surface area contributed by atoms with E-state index in [1.807, 2.05) is 13.8 Å². The Hall–Kier alpha value is -1.70. The van der Waals surface area contributed by atoms with Gasteiger partial charge in [0.15, 0.2) is 0 Å². The van der Waals surface area contributed by atoms with Crippen molar-refractivity contribution < 1.29 is 33.3 Å². The van der Waals surface area contributed by atoms with E-state index in [1.165, 1.54) is 0 Å². The number of rotatable bonds is 14. The van der Waals surface area contributed by atoms with Gasteiger partial charge >= 0.3 is 11.9 Å². The van der Waals surface area contributed by atoms with Gasteiger partial charge in [-0.25, -0.2) is 9.59 Å².